The van der Waals surface area contributed by atoms with Gasteiger partial charge < -0.3 is 20.6 Å². The van der Waals surface area contributed by atoms with Crippen molar-refractivity contribution in [1.29, 1.82) is 5.41 Å². The molecule has 2 aromatic heterocycles. The summed E-state index contributed by atoms with van der Waals surface area (Å²) in [5.41, 5.74) is 9.18. The molecule has 0 saturated carbocycles. The molecule has 224 valence electrons. The number of esters is 1. The van der Waals surface area contributed by atoms with E-state index in [-0.39, 0.29) is 12.4 Å². The molecule has 0 bridgehead atoms. The van der Waals surface area contributed by atoms with Crippen LogP contribution in [0.3, 0.4) is 0 Å². The van der Waals surface area contributed by atoms with E-state index in [1.165, 1.54) is 11.8 Å². The third-order valence-electron chi connectivity index (χ3n) is 6.44. The van der Waals surface area contributed by atoms with Crippen molar-refractivity contribution in [3.63, 3.8) is 0 Å². The van der Waals surface area contributed by atoms with E-state index in [0.717, 1.165) is 65.0 Å². The number of ether oxygens (including phenoxy) is 1. The van der Waals surface area contributed by atoms with Gasteiger partial charge in [-0.05, 0) is 76.4 Å². The molecule has 9 heteroatoms. The summed E-state index contributed by atoms with van der Waals surface area (Å²) >= 11 is 3.16. The topological polar surface area (TPSA) is 108 Å². The molecular formula is C34H38N4O3S2. The second-order valence-corrected chi connectivity index (χ2v) is 13.0. The number of aromatic nitrogens is 2. The lowest BCUT2D eigenvalue weighted by Crippen LogP contribution is -2.10. The van der Waals surface area contributed by atoms with Crippen LogP contribution in [0, 0.1) is 19.3 Å². The minimum Gasteiger partial charge on any atom is -0.466 e. The number of benzene rings is 3. The minimum absolute atomic E-state index is 0.214. The van der Waals surface area contributed by atoms with Gasteiger partial charge in [0.15, 0.2) is 10.0 Å². The number of aliphatic hydroxyl groups is 1. The number of hydrogen-bond donors (Lipinski definition) is 3. The normalized spacial score (nSPS) is 11.2. The second kappa shape index (κ2) is 13.6. The fourth-order valence-electron chi connectivity index (χ4n) is 4.51. The smallest absolute Gasteiger partial charge is 0.310 e. The van der Waals surface area contributed by atoms with Gasteiger partial charge >= 0.3 is 5.97 Å². The Morgan fingerprint density at radius 1 is 1.05 bits per heavy atom. The Kier molecular flexibility index (Phi) is 10.1. The summed E-state index contributed by atoms with van der Waals surface area (Å²) in [6, 6.07) is 16.4. The molecule has 0 radical (unpaired) electrons. The lowest BCUT2D eigenvalue weighted by Gasteiger charge is -2.14. The summed E-state index contributed by atoms with van der Waals surface area (Å²) < 4.78 is 6.33. The minimum atomic E-state index is -0.500. The maximum Gasteiger partial charge on any atom is 0.310 e. The van der Waals surface area contributed by atoms with Gasteiger partial charge in [-0.15, -0.1) is 22.7 Å². The molecule has 5 rings (SSSR count). The van der Waals surface area contributed by atoms with Crippen LogP contribution in [0.2, 0.25) is 0 Å². The number of rotatable bonds is 8. The molecular weight excluding hydrogens is 577 g/mol. The van der Waals surface area contributed by atoms with Crippen molar-refractivity contribution in [3.8, 4) is 32.4 Å². The first-order chi connectivity index (χ1) is 20.4. The number of thiazole rings is 2. The Balaban J connectivity index is 0.000000782. The predicted molar refractivity (Wildman–Crippen MR) is 181 cm³/mol. The van der Waals surface area contributed by atoms with Crippen molar-refractivity contribution in [2.45, 2.75) is 53.6 Å². The molecule has 0 aliphatic carbocycles. The lowest BCUT2D eigenvalue weighted by atomic mass is 9.93. The third kappa shape index (κ3) is 7.93. The van der Waals surface area contributed by atoms with Crippen LogP contribution in [0.1, 0.15) is 49.9 Å². The van der Waals surface area contributed by atoms with E-state index in [0.29, 0.717) is 6.61 Å². The molecule has 3 aromatic carbocycles. The fourth-order valence-corrected chi connectivity index (χ4v) is 6.51. The van der Waals surface area contributed by atoms with Crippen LogP contribution in [0.15, 0.2) is 53.9 Å². The number of hydrogen-bond acceptors (Lipinski definition) is 9. The van der Waals surface area contributed by atoms with E-state index in [1.807, 2.05) is 44.5 Å². The van der Waals surface area contributed by atoms with E-state index in [9.17, 15) is 4.79 Å². The average Bonchev–Trinajstić information content (AvgIpc) is 3.60. The highest BCUT2D eigenvalue weighted by Gasteiger charge is 2.21. The van der Waals surface area contributed by atoms with Crippen LogP contribution in [0.25, 0.3) is 42.6 Å². The van der Waals surface area contributed by atoms with Gasteiger partial charge in [0, 0.05) is 41.0 Å². The molecule has 0 aliphatic heterocycles. The molecule has 0 unspecified atom stereocenters. The fraction of sp³-hybridized carbons (Fsp3) is 0.294. The highest BCUT2D eigenvalue weighted by Crippen LogP contribution is 2.42. The molecule has 0 aliphatic rings. The summed E-state index contributed by atoms with van der Waals surface area (Å²) in [7, 11) is 1.85. The van der Waals surface area contributed by atoms with Crippen molar-refractivity contribution in [2.75, 3.05) is 19.0 Å². The monoisotopic (exact) mass is 614 g/mol. The zero-order valence-electron chi connectivity index (χ0n) is 25.7. The molecule has 0 fully saturated rings. The van der Waals surface area contributed by atoms with Crippen molar-refractivity contribution in [2.24, 2.45) is 0 Å². The van der Waals surface area contributed by atoms with Crippen molar-refractivity contribution in [3.05, 3.63) is 76.2 Å². The maximum absolute atomic E-state index is 12.5. The summed E-state index contributed by atoms with van der Waals surface area (Å²) in [6.45, 7) is 11.5. The van der Waals surface area contributed by atoms with Crippen LogP contribution in [0.5, 0.6) is 0 Å². The van der Waals surface area contributed by atoms with Crippen LogP contribution in [0.4, 0.5) is 5.69 Å². The lowest BCUT2D eigenvalue weighted by molar-refractivity contribution is -0.142. The zero-order valence-corrected chi connectivity index (χ0v) is 27.3. The van der Waals surface area contributed by atoms with Gasteiger partial charge in [0.2, 0.25) is 0 Å². The third-order valence-corrected chi connectivity index (χ3v) is 8.51. The van der Waals surface area contributed by atoms with Crippen LogP contribution in [-0.2, 0) is 16.0 Å². The standard InChI is InChI=1S/C30H28N4O2S2.C4H10O/c1-5-36-26(35)14-22-18(3)12-24-28(27(22)19-8-6-17(2)7-9-19)38-30(33-24)29-34-25(16-37-29)20-10-11-23(32-4)21(13-20)15-31;1-4(2,3)5/h6-13,15-16,31-32H,5,14H2,1-4H3;5H,1-3H3. The predicted octanol–water partition coefficient (Wildman–Crippen LogP) is 8.29. The number of nitrogens with one attached hydrogen (secondary N) is 2. The maximum atomic E-state index is 12.5. The van der Waals surface area contributed by atoms with Crippen molar-refractivity contribution in [1.82, 2.24) is 9.97 Å². The van der Waals surface area contributed by atoms with Crippen molar-refractivity contribution < 1.29 is 14.6 Å². The van der Waals surface area contributed by atoms with Crippen LogP contribution >= 0.6 is 22.7 Å². The van der Waals surface area contributed by atoms with Crippen LogP contribution < -0.4 is 5.32 Å². The van der Waals surface area contributed by atoms with Gasteiger partial charge in [-0.2, -0.15) is 0 Å². The molecule has 43 heavy (non-hydrogen) atoms. The number of fused-ring (bicyclic) bond motifs is 1. The van der Waals surface area contributed by atoms with Crippen LogP contribution in [-0.4, -0.2) is 46.5 Å². The molecule has 7 nitrogen and oxygen atoms in total. The summed E-state index contributed by atoms with van der Waals surface area (Å²) in [5.74, 6) is -0.230. The number of aryl methyl sites for hydroxylation is 2. The number of nitrogens with zero attached hydrogens (tertiary/aromatic N) is 2. The van der Waals surface area contributed by atoms with Gasteiger partial charge in [-0.1, -0.05) is 35.9 Å². The Labute approximate surface area is 261 Å². The molecule has 0 amide bonds. The second-order valence-electron chi connectivity index (χ2n) is 11.2. The first kappa shape index (κ1) is 32.0. The first-order valence-electron chi connectivity index (χ1n) is 14.1. The van der Waals surface area contributed by atoms with Gasteiger partial charge in [0.25, 0.3) is 0 Å². The molecule has 5 aromatic rings. The van der Waals surface area contributed by atoms with Crippen molar-refractivity contribution >= 4 is 50.8 Å². The number of anilines is 1. The van der Waals surface area contributed by atoms with Gasteiger partial charge in [0.05, 0.1) is 34.5 Å². The SMILES string of the molecule is CC(C)(C)O.CCOC(=O)Cc1c(C)cc2nc(-c3nc(-c4ccc(NC)c(C=N)c4)cs3)sc2c1-c1ccc(C)cc1. The Morgan fingerprint density at radius 2 is 1.72 bits per heavy atom. The quantitative estimate of drug-likeness (QED) is 0.120. The largest absolute Gasteiger partial charge is 0.466 e. The first-order valence-corrected chi connectivity index (χ1v) is 15.8. The van der Waals surface area contributed by atoms with E-state index in [2.05, 4.69) is 42.6 Å². The highest BCUT2D eigenvalue weighted by atomic mass is 32.1. The Hall–Kier alpha value is -3.92. The molecule has 0 saturated heterocycles. The molecule has 0 atom stereocenters. The number of carbonyl (C=O) groups is 1. The van der Waals surface area contributed by atoms with E-state index in [4.69, 9.17) is 25.2 Å². The van der Waals surface area contributed by atoms with E-state index < -0.39 is 5.60 Å². The van der Waals surface area contributed by atoms with E-state index in [1.54, 1.807) is 43.4 Å². The molecule has 0 spiro atoms. The summed E-state index contributed by atoms with van der Waals surface area (Å²) in [6.07, 6.45) is 1.56. The van der Waals surface area contributed by atoms with Gasteiger partial charge in [-0.25, -0.2) is 9.97 Å². The Bertz CT molecular complexity index is 1740. The highest BCUT2D eigenvalue weighted by molar-refractivity contribution is 7.25. The molecule has 2 heterocycles. The summed E-state index contributed by atoms with van der Waals surface area (Å²) in [4.78, 5) is 22.4. The van der Waals surface area contributed by atoms with Gasteiger partial charge in [0.1, 0.15) is 0 Å². The van der Waals surface area contributed by atoms with E-state index >= 15 is 0 Å². The summed E-state index contributed by atoms with van der Waals surface area (Å²) in [5, 5.41) is 23.1. The van der Waals surface area contributed by atoms with Gasteiger partial charge in [-0.3, -0.25) is 4.79 Å². The average molecular weight is 615 g/mol. The molecule has 3 N–H and O–H groups in total. The zero-order chi connectivity index (χ0) is 31.3. The number of carbonyl (C=O) groups excluding carboxylic acids is 1. The Morgan fingerprint density at radius 3 is 2.35 bits per heavy atom.